The molecule has 0 radical (unpaired) electrons. The van der Waals surface area contributed by atoms with Crippen LogP contribution in [-0.2, 0) is 33.6 Å². The SMILES string of the molecule is C.C=C.C=CC1C(CO)=CCC2C1CCC1C(C)(C)C(=O)CCC21C.CCC1C(C(=O)N(C)C)CCC2C1CCC1C(C)(C)C(=O)CCC21C.CCC1C(C(=O)O)CCC2C1CCC1C(C)(C)C(=O)CCC21C.CCC1C(C=O)CCC2C1CCC1C(C)(C)C(=O)CCC21C. The second kappa shape index (κ2) is 30.0. The summed E-state index contributed by atoms with van der Waals surface area (Å²) < 4.78 is 0. The van der Waals surface area contributed by atoms with Gasteiger partial charge in [-0.1, -0.05) is 143 Å². The van der Waals surface area contributed by atoms with Crippen molar-refractivity contribution in [3.63, 3.8) is 0 Å². The molecule has 0 bridgehead atoms. The second-order valence-corrected chi connectivity index (χ2v) is 36.7. The Labute approximate surface area is 579 Å². The van der Waals surface area contributed by atoms with E-state index in [-0.39, 0.29) is 69.7 Å². The topological polar surface area (TPSA) is 163 Å². The van der Waals surface area contributed by atoms with Crippen LogP contribution in [0, 0.1) is 156 Å². The summed E-state index contributed by atoms with van der Waals surface area (Å²) >= 11 is 0. The largest absolute Gasteiger partial charge is 0.481 e. The third-order valence-electron chi connectivity index (χ3n) is 32.0. The number of rotatable bonds is 8. The third-order valence-corrected chi connectivity index (χ3v) is 32.0. The van der Waals surface area contributed by atoms with Crippen LogP contribution in [0.3, 0.4) is 0 Å². The van der Waals surface area contributed by atoms with Crippen molar-refractivity contribution in [3.05, 3.63) is 37.5 Å². The number of hydrogen-bond acceptors (Lipinski definition) is 8. The molecule has 0 aromatic carbocycles. The zero-order valence-corrected chi connectivity index (χ0v) is 62.6. The number of amides is 1. The summed E-state index contributed by atoms with van der Waals surface area (Å²) in [4.78, 5) is 87.5. The number of aliphatic hydroxyl groups is 1. The number of aliphatic hydroxyl groups excluding tert-OH is 1. The molecule has 10 nitrogen and oxygen atoms in total. The molecule has 12 aliphatic rings. The minimum absolute atomic E-state index is 0. The van der Waals surface area contributed by atoms with Crippen molar-refractivity contribution in [1.29, 1.82) is 0 Å². The van der Waals surface area contributed by atoms with Crippen molar-refractivity contribution >= 4 is 41.3 Å². The Bertz CT molecular complexity index is 2800. The molecule has 538 valence electrons. The van der Waals surface area contributed by atoms with E-state index in [1.165, 1.54) is 38.4 Å². The van der Waals surface area contributed by atoms with E-state index in [1.54, 1.807) is 4.90 Å². The normalized spacial score (nSPS) is 43.6. The van der Waals surface area contributed by atoms with Crippen LogP contribution in [0.5, 0.6) is 0 Å². The average molecular weight is 1320 g/mol. The van der Waals surface area contributed by atoms with Crippen LogP contribution in [-0.4, -0.2) is 77.1 Å². The highest BCUT2D eigenvalue weighted by molar-refractivity contribution is 5.87. The first-order valence-electron chi connectivity index (χ1n) is 38.5. The highest BCUT2D eigenvalue weighted by atomic mass is 16.4. The lowest BCUT2D eigenvalue weighted by Gasteiger charge is -2.62. The summed E-state index contributed by atoms with van der Waals surface area (Å²) in [5.74, 6) is 10.8. The minimum Gasteiger partial charge on any atom is -0.481 e. The zero-order valence-electron chi connectivity index (χ0n) is 62.6. The van der Waals surface area contributed by atoms with Gasteiger partial charge in [-0.3, -0.25) is 28.8 Å². The average Bonchev–Trinajstić information content (AvgIpc) is 0.744. The van der Waals surface area contributed by atoms with Crippen molar-refractivity contribution in [2.75, 3.05) is 20.7 Å². The zero-order chi connectivity index (χ0) is 69.8. The Kier molecular flexibility index (Phi) is 24.9. The number of carbonyl (C=O) groups excluding carboxylic acids is 6. The smallest absolute Gasteiger partial charge is 0.306 e. The molecule has 12 aliphatic carbocycles. The van der Waals surface area contributed by atoms with Crippen LogP contribution in [0.25, 0.3) is 0 Å². The molecular weight excluding hydrogens is 1180 g/mol. The van der Waals surface area contributed by atoms with E-state index >= 15 is 0 Å². The van der Waals surface area contributed by atoms with Gasteiger partial charge in [0.15, 0.2) is 0 Å². The van der Waals surface area contributed by atoms with Crippen LogP contribution >= 0.6 is 0 Å². The summed E-state index contributed by atoms with van der Waals surface area (Å²) in [6.45, 7) is 44.1. The molecule has 1 amide bonds. The lowest BCUT2D eigenvalue weighted by molar-refractivity contribution is -0.166. The van der Waals surface area contributed by atoms with E-state index in [4.69, 9.17) is 0 Å². The molecule has 0 heterocycles. The van der Waals surface area contributed by atoms with Gasteiger partial charge in [0.2, 0.25) is 5.91 Å². The van der Waals surface area contributed by atoms with Crippen molar-refractivity contribution in [2.45, 2.75) is 278 Å². The number of aldehydes is 1. The van der Waals surface area contributed by atoms with Crippen molar-refractivity contribution < 1.29 is 43.8 Å². The summed E-state index contributed by atoms with van der Waals surface area (Å²) in [5, 5.41) is 19.2. The first-order chi connectivity index (χ1) is 44.1. The lowest BCUT2D eigenvalue weighted by Crippen LogP contribution is -2.58. The molecular formula is C85H139NO9. The number of carbonyl (C=O) groups is 7. The number of Topliss-reactive ketones (excluding diaryl/α,β-unsaturated/α-hetero) is 4. The third kappa shape index (κ3) is 13.6. The molecule has 23 unspecified atom stereocenters. The summed E-state index contributed by atoms with van der Waals surface area (Å²) in [5.41, 5.74) is 1.51. The molecule has 0 aromatic heterocycles. The predicted molar refractivity (Wildman–Crippen MR) is 387 cm³/mol. The second-order valence-electron chi connectivity index (χ2n) is 36.7. The Hall–Kier alpha value is -3.53. The van der Waals surface area contributed by atoms with E-state index in [1.807, 2.05) is 20.2 Å². The quantitative estimate of drug-likeness (QED) is 0.178. The van der Waals surface area contributed by atoms with Crippen molar-refractivity contribution in [2.24, 2.45) is 156 Å². The van der Waals surface area contributed by atoms with Gasteiger partial charge in [0.05, 0.1) is 12.5 Å². The van der Waals surface area contributed by atoms with Crippen molar-refractivity contribution in [1.82, 2.24) is 4.90 Å². The standard InChI is InChI=1S/C22H37NO2.C20H32O3.C20H32O2.C20H30O2.C2H4.CH4/c1-7-14-15-9-11-18-21(2,3)19(24)12-13-22(18,4)17(15)10-8-16(14)20(25)23(5)6;1-5-12-13-7-9-16-19(2,3)17(21)10-11-20(16,4)15(13)8-6-14(12)18(22)23;2*1-5-14-13(12-21)6-8-16-15(14)7-9-17-19(2,3)18(22)10-11-20(16,17)4;1-2;/h14-18H,7-13H2,1-6H3;12-16H,5-11H2,1-4H3,(H,22,23);12-17H,5-11H2,1-4H3;5-6,14-17,21H,1,7-12H2,2-4H3;1-2H2;1H4. The maximum Gasteiger partial charge on any atom is 0.306 e. The first-order valence-corrected chi connectivity index (χ1v) is 38.5. The van der Waals surface area contributed by atoms with E-state index in [9.17, 15) is 43.8 Å². The monoisotopic (exact) mass is 1320 g/mol. The number of aliphatic carboxylic acids is 1. The van der Waals surface area contributed by atoms with Gasteiger partial charge in [-0.05, 0) is 238 Å². The predicted octanol–water partition coefficient (Wildman–Crippen LogP) is 19.3. The summed E-state index contributed by atoms with van der Waals surface area (Å²) in [6, 6.07) is 0. The van der Waals surface area contributed by atoms with Gasteiger partial charge < -0.3 is 19.9 Å². The Morgan fingerprint density at radius 1 is 0.495 bits per heavy atom. The number of nitrogens with zero attached hydrogens (tertiary/aromatic N) is 1. The number of allylic oxidation sites excluding steroid dienone is 2. The van der Waals surface area contributed by atoms with Gasteiger partial charge in [-0.15, -0.1) is 19.7 Å². The van der Waals surface area contributed by atoms with Crippen LogP contribution in [0.2, 0.25) is 0 Å². The summed E-state index contributed by atoms with van der Waals surface area (Å²) in [6.07, 6.45) is 32.5. The van der Waals surface area contributed by atoms with Crippen molar-refractivity contribution in [3.8, 4) is 0 Å². The van der Waals surface area contributed by atoms with Gasteiger partial charge in [0, 0.05) is 79.2 Å². The molecule has 12 rings (SSSR count). The van der Waals surface area contributed by atoms with Gasteiger partial charge >= 0.3 is 5.97 Å². The number of carboxylic acid groups (broad SMARTS) is 1. The lowest BCUT2D eigenvalue weighted by atomic mass is 9.42. The van der Waals surface area contributed by atoms with E-state index in [0.29, 0.717) is 130 Å². The fourth-order valence-electron chi connectivity index (χ4n) is 27.1. The van der Waals surface area contributed by atoms with Crippen LogP contribution in [0.4, 0.5) is 0 Å². The van der Waals surface area contributed by atoms with Gasteiger partial charge in [0.25, 0.3) is 0 Å². The number of fused-ring (bicyclic) bond motifs is 12. The molecule has 0 aromatic rings. The van der Waals surface area contributed by atoms with Crippen LogP contribution in [0.15, 0.2) is 37.5 Å². The first kappa shape index (κ1) is 78.8. The number of hydrogen-bond donors (Lipinski definition) is 2. The highest BCUT2D eigenvalue weighted by Crippen LogP contribution is 2.69. The molecule has 11 fully saturated rings. The van der Waals surface area contributed by atoms with E-state index in [2.05, 4.69) is 130 Å². The molecule has 0 spiro atoms. The molecule has 11 saturated carbocycles. The van der Waals surface area contributed by atoms with Gasteiger partial charge in [-0.25, -0.2) is 0 Å². The number of ketones is 4. The van der Waals surface area contributed by atoms with Gasteiger partial charge in [-0.2, -0.15) is 0 Å². The molecule has 23 atom stereocenters. The summed E-state index contributed by atoms with van der Waals surface area (Å²) in [7, 11) is 3.79. The van der Waals surface area contributed by atoms with Gasteiger partial charge in [0.1, 0.15) is 29.4 Å². The Morgan fingerprint density at radius 2 is 0.821 bits per heavy atom. The fraction of sp³-hybridized carbons (Fsp3) is 0.847. The molecule has 0 saturated heterocycles. The number of carboxylic acids is 1. The van der Waals surface area contributed by atoms with E-state index < -0.39 is 5.97 Å². The van der Waals surface area contributed by atoms with Crippen LogP contribution < -0.4 is 0 Å². The molecule has 2 N–H and O–H groups in total. The Balaban J connectivity index is 0.000000177. The van der Waals surface area contributed by atoms with Crippen LogP contribution in [0.1, 0.15) is 278 Å². The molecule has 95 heavy (non-hydrogen) atoms. The van der Waals surface area contributed by atoms with E-state index in [0.717, 1.165) is 140 Å². The maximum absolute atomic E-state index is 12.7. The fourth-order valence-corrected chi connectivity index (χ4v) is 27.1. The highest BCUT2D eigenvalue weighted by Gasteiger charge is 2.64. The molecule has 0 aliphatic heterocycles. The molecule has 10 heteroatoms. The maximum atomic E-state index is 12.7. The minimum atomic E-state index is -0.596. The Morgan fingerprint density at radius 3 is 1.15 bits per heavy atom.